The van der Waals surface area contributed by atoms with Gasteiger partial charge < -0.3 is 20.6 Å². The largest absolute Gasteiger partial charge is 0.508 e. The topological polar surface area (TPSA) is 72.7 Å². The van der Waals surface area contributed by atoms with E-state index in [0.29, 0.717) is 6.54 Å². The van der Waals surface area contributed by atoms with Crippen molar-refractivity contribution < 1.29 is 15.3 Å². The first-order valence-corrected chi connectivity index (χ1v) is 4.93. The lowest BCUT2D eigenvalue weighted by molar-refractivity contribution is 0.187. The van der Waals surface area contributed by atoms with Crippen LogP contribution in [0, 0.1) is 0 Å². The molecule has 0 bridgehead atoms. The van der Waals surface area contributed by atoms with Gasteiger partial charge in [-0.15, -0.1) is 0 Å². The second-order valence-electron chi connectivity index (χ2n) is 3.76. The van der Waals surface area contributed by atoms with Crippen molar-refractivity contribution in [1.82, 2.24) is 5.32 Å². The second-order valence-corrected chi connectivity index (χ2v) is 3.76. The third kappa shape index (κ3) is 3.77. The summed E-state index contributed by atoms with van der Waals surface area (Å²) in [7, 11) is 0. The van der Waals surface area contributed by atoms with E-state index in [-0.39, 0.29) is 17.5 Å². The summed E-state index contributed by atoms with van der Waals surface area (Å²) in [6, 6.07) is 4.42. The smallest absolute Gasteiger partial charge is 0.119 e. The van der Waals surface area contributed by atoms with E-state index >= 15 is 0 Å². The molecule has 2 unspecified atom stereocenters. The predicted molar refractivity (Wildman–Crippen MR) is 57.9 cm³/mol. The molecule has 0 spiro atoms. The zero-order valence-electron chi connectivity index (χ0n) is 8.94. The Labute approximate surface area is 89.2 Å². The van der Waals surface area contributed by atoms with Crippen LogP contribution in [0.2, 0.25) is 0 Å². The minimum absolute atomic E-state index is 0.0300. The highest BCUT2D eigenvalue weighted by Gasteiger charge is 2.08. The Hall–Kier alpha value is -1.26. The Kier molecular flexibility index (Phi) is 3.94. The van der Waals surface area contributed by atoms with Crippen molar-refractivity contribution in [2.45, 2.75) is 26.0 Å². The molecule has 0 aromatic heterocycles. The standard InChI is InChI=1S/C11H17NO3/c1-7(13)6-12-8(2)9-3-10(14)5-11(15)4-9/h3-5,7-8,12-15H,6H2,1-2H3. The van der Waals surface area contributed by atoms with Gasteiger partial charge in [-0.3, -0.25) is 0 Å². The maximum absolute atomic E-state index is 9.28. The van der Waals surface area contributed by atoms with E-state index in [0.717, 1.165) is 5.56 Å². The fourth-order valence-corrected chi connectivity index (χ4v) is 1.33. The van der Waals surface area contributed by atoms with Gasteiger partial charge in [0.1, 0.15) is 11.5 Å². The van der Waals surface area contributed by atoms with Crippen LogP contribution in [-0.2, 0) is 0 Å². The van der Waals surface area contributed by atoms with E-state index < -0.39 is 6.10 Å². The highest BCUT2D eigenvalue weighted by molar-refractivity contribution is 5.37. The molecular formula is C11H17NO3. The summed E-state index contributed by atoms with van der Waals surface area (Å²) in [5.41, 5.74) is 0.785. The molecule has 1 aromatic carbocycles. The third-order valence-electron chi connectivity index (χ3n) is 2.14. The quantitative estimate of drug-likeness (QED) is 0.602. The number of aliphatic hydroxyl groups excluding tert-OH is 1. The van der Waals surface area contributed by atoms with Crippen LogP contribution in [0.4, 0.5) is 0 Å². The Morgan fingerprint density at radius 1 is 1.13 bits per heavy atom. The van der Waals surface area contributed by atoms with Crippen molar-refractivity contribution in [2.24, 2.45) is 0 Å². The summed E-state index contributed by atoms with van der Waals surface area (Å²) < 4.78 is 0. The monoisotopic (exact) mass is 211 g/mol. The molecule has 0 saturated carbocycles. The van der Waals surface area contributed by atoms with Crippen LogP contribution in [0.15, 0.2) is 18.2 Å². The van der Waals surface area contributed by atoms with Crippen molar-refractivity contribution >= 4 is 0 Å². The molecule has 0 aliphatic carbocycles. The number of aromatic hydroxyl groups is 2. The minimum atomic E-state index is -0.418. The number of benzene rings is 1. The van der Waals surface area contributed by atoms with E-state index in [1.54, 1.807) is 19.1 Å². The average molecular weight is 211 g/mol. The van der Waals surface area contributed by atoms with Crippen molar-refractivity contribution in [3.63, 3.8) is 0 Å². The molecule has 4 nitrogen and oxygen atoms in total. The molecule has 0 heterocycles. The summed E-state index contributed by atoms with van der Waals surface area (Å²) in [6.07, 6.45) is -0.418. The number of aliphatic hydroxyl groups is 1. The van der Waals surface area contributed by atoms with E-state index in [1.807, 2.05) is 6.92 Å². The van der Waals surface area contributed by atoms with E-state index in [1.165, 1.54) is 6.07 Å². The SMILES string of the molecule is CC(O)CNC(C)c1cc(O)cc(O)c1. The molecule has 0 fully saturated rings. The zero-order chi connectivity index (χ0) is 11.4. The minimum Gasteiger partial charge on any atom is -0.508 e. The molecule has 0 radical (unpaired) electrons. The van der Waals surface area contributed by atoms with Crippen LogP contribution in [0.1, 0.15) is 25.5 Å². The summed E-state index contributed by atoms with van der Waals surface area (Å²) in [6.45, 7) is 4.06. The van der Waals surface area contributed by atoms with E-state index in [2.05, 4.69) is 5.32 Å². The van der Waals surface area contributed by atoms with Crippen molar-refractivity contribution in [3.05, 3.63) is 23.8 Å². The van der Waals surface area contributed by atoms with Crippen LogP contribution < -0.4 is 5.32 Å². The van der Waals surface area contributed by atoms with Gasteiger partial charge in [0.05, 0.1) is 6.10 Å². The van der Waals surface area contributed by atoms with E-state index in [9.17, 15) is 10.2 Å². The number of hydrogen-bond donors (Lipinski definition) is 4. The molecule has 84 valence electrons. The summed E-state index contributed by atoms with van der Waals surface area (Å²) in [4.78, 5) is 0. The predicted octanol–water partition coefficient (Wildman–Crippen LogP) is 1.13. The molecule has 4 heteroatoms. The lowest BCUT2D eigenvalue weighted by atomic mass is 10.1. The van der Waals surface area contributed by atoms with E-state index in [4.69, 9.17) is 5.11 Å². The van der Waals surface area contributed by atoms with Crippen molar-refractivity contribution in [3.8, 4) is 11.5 Å². The van der Waals surface area contributed by atoms with Crippen molar-refractivity contribution in [2.75, 3.05) is 6.54 Å². The first-order chi connectivity index (χ1) is 6.99. The number of phenols is 2. The summed E-state index contributed by atoms with van der Waals surface area (Å²) >= 11 is 0. The van der Waals surface area contributed by atoms with Gasteiger partial charge in [0.25, 0.3) is 0 Å². The van der Waals surface area contributed by atoms with Crippen LogP contribution in [0.25, 0.3) is 0 Å². The molecule has 1 aromatic rings. The molecule has 2 atom stereocenters. The molecule has 0 saturated heterocycles. The molecule has 4 N–H and O–H groups in total. The first-order valence-electron chi connectivity index (χ1n) is 4.93. The molecule has 0 aliphatic rings. The number of phenolic OH excluding ortho intramolecular Hbond substituents is 2. The zero-order valence-corrected chi connectivity index (χ0v) is 8.94. The lowest BCUT2D eigenvalue weighted by Gasteiger charge is -2.15. The lowest BCUT2D eigenvalue weighted by Crippen LogP contribution is -2.27. The fraction of sp³-hybridized carbons (Fsp3) is 0.455. The molecule has 0 aliphatic heterocycles. The maximum atomic E-state index is 9.28. The van der Waals surface area contributed by atoms with Gasteiger partial charge in [-0.2, -0.15) is 0 Å². The fourth-order valence-electron chi connectivity index (χ4n) is 1.33. The Morgan fingerprint density at radius 2 is 1.67 bits per heavy atom. The summed E-state index contributed by atoms with van der Waals surface area (Å²) in [5.74, 6) is 0.0754. The Morgan fingerprint density at radius 3 is 2.13 bits per heavy atom. The number of rotatable bonds is 4. The molecule has 0 amide bonds. The number of hydrogen-bond acceptors (Lipinski definition) is 4. The Balaban J connectivity index is 2.68. The number of nitrogens with one attached hydrogen (secondary N) is 1. The van der Waals surface area contributed by atoms with Gasteiger partial charge in [-0.05, 0) is 31.5 Å². The van der Waals surface area contributed by atoms with Crippen molar-refractivity contribution in [1.29, 1.82) is 0 Å². The second kappa shape index (κ2) is 5.00. The molecule has 15 heavy (non-hydrogen) atoms. The van der Waals surface area contributed by atoms with Gasteiger partial charge in [-0.1, -0.05) is 0 Å². The van der Waals surface area contributed by atoms with Crippen LogP contribution in [-0.4, -0.2) is 28.0 Å². The van der Waals surface area contributed by atoms with Crippen LogP contribution >= 0.6 is 0 Å². The molecular weight excluding hydrogens is 194 g/mol. The van der Waals surface area contributed by atoms with Gasteiger partial charge >= 0.3 is 0 Å². The van der Waals surface area contributed by atoms with Crippen LogP contribution in [0.5, 0.6) is 11.5 Å². The third-order valence-corrected chi connectivity index (χ3v) is 2.14. The first kappa shape index (κ1) is 11.8. The van der Waals surface area contributed by atoms with Gasteiger partial charge in [-0.25, -0.2) is 0 Å². The van der Waals surface area contributed by atoms with Crippen LogP contribution in [0.3, 0.4) is 0 Å². The highest BCUT2D eigenvalue weighted by atomic mass is 16.3. The average Bonchev–Trinajstić information content (AvgIpc) is 2.12. The summed E-state index contributed by atoms with van der Waals surface area (Å²) in [5, 5.41) is 30.7. The highest BCUT2D eigenvalue weighted by Crippen LogP contribution is 2.24. The maximum Gasteiger partial charge on any atom is 0.119 e. The van der Waals surface area contributed by atoms with Gasteiger partial charge in [0, 0.05) is 18.7 Å². The molecule has 1 rings (SSSR count). The van der Waals surface area contributed by atoms with Gasteiger partial charge in [0.15, 0.2) is 0 Å². The van der Waals surface area contributed by atoms with Gasteiger partial charge in [0.2, 0.25) is 0 Å². The normalized spacial score (nSPS) is 14.9. The Bertz CT molecular complexity index is 305.